The van der Waals surface area contributed by atoms with Crippen LogP contribution in [0.2, 0.25) is 0 Å². The van der Waals surface area contributed by atoms with Crippen LogP contribution in [0.25, 0.3) is 0 Å². The van der Waals surface area contributed by atoms with Gasteiger partial charge in [0.15, 0.2) is 0 Å². The third kappa shape index (κ3) is 8.84. The fourth-order valence-corrected chi connectivity index (χ4v) is 2.31. The number of methoxy groups -OCH3 is 1. The molecule has 0 aromatic carbocycles. The van der Waals surface area contributed by atoms with Gasteiger partial charge in [0.1, 0.15) is 0 Å². The number of nitrogens with zero attached hydrogens (tertiary/aromatic N) is 2. The molecule has 0 amide bonds. The minimum Gasteiger partial charge on any atom is -0.382 e. The molecule has 6 heteroatoms. The first kappa shape index (κ1) is 17.8. The van der Waals surface area contributed by atoms with E-state index in [4.69, 9.17) is 19.9 Å². The van der Waals surface area contributed by atoms with Crippen LogP contribution in [0.5, 0.6) is 0 Å². The lowest BCUT2D eigenvalue weighted by molar-refractivity contribution is 0.0197. The first-order valence-electron chi connectivity index (χ1n) is 7.66. The summed E-state index contributed by atoms with van der Waals surface area (Å²) in [5.74, 6) is 0. The second-order valence-corrected chi connectivity index (χ2v) is 5.04. The molecular formula is C14H31N3O3. The molecule has 6 nitrogen and oxygen atoms in total. The van der Waals surface area contributed by atoms with Crippen LogP contribution in [0.4, 0.5) is 0 Å². The topological polar surface area (TPSA) is 60.2 Å². The summed E-state index contributed by atoms with van der Waals surface area (Å²) < 4.78 is 15.8. The van der Waals surface area contributed by atoms with Crippen LogP contribution in [0, 0.1) is 0 Å². The Bertz CT molecular complexity index is 220. The lowest BCUT2D eigenvalue weighted by Gasteiger charge is -2.21. The minimum atomic E-state index is 0.642. The molecule has 1 saturated heterocycles. The average molecular weight is 289 g/mol. The van der Waals surface area contributed by atoms with E-state index in [1.807, 2.05) is 0 Å². The predicted molar refractivity (Wildman–Crippen MR) is 80.1 cm³/mol. The zero-order valence-corrected chi connectivity index (χ0v) is 12.9. The molecule has 20 heavy (non-hydrogen) atoms. The van der Waals surface area contributed by atoms with Crippen molar-refractivity contribution in [2.24, 2.45) is 5.73 Å². The van der Waals surface area contributed by atoms with Gasteiger partial charge >= 0.3 is 0 Å². The van der Waals surface area contributed by atoms with E-state index >= 15 is 0 Å². The molecule has 120 valence electrons. The van der Waals surface area contributed by atoms with Gasteiger partial charge in [-0.25, -0.2) is 0 Å². The molecule has 0 unspecified atom stereocenters. The molecule has 0 aliphatic carbocycles. The first-order chi connectivity index (χ1) is 9.86. The second kappa shape index (κ2) is 12.5. The van der Waals surface area contributed by atoms with Crippen LogP contribution in [0.15, 0.2) is 0 Å². The molecule has 2 N–H and O–H groups in total. The van der Waals surface area contributed by atoms with Gasteiger partial charge in [-0.15, -0.1) is 0 Å². The van der Waals surface area contributed by atoms with Gasteiger partial charge in [0, 0.05) is 39.8 Å². The van der Waals surface area contributed by atoms with Gasteiger partial charge in [-0.05, 0) is 19.5 Å². The van der Waals surface area contributed by atoms with E-state index < -0.39 is 0 Å². The highest BCUT2D eigenvalue weighted by molar-refractivity contribution is 4.69. The summed E-state index contributed by atoms with van der Waals surface area (Å²) in [5, 5.41) is 0. The Kier molecular flexibility index (Phi) is 11.1. The molecule has 0 atom stereocenters. The fourth-order valence-electron chi connectivity index (χ4n) is 2.31. The van der Waals surface area contributed by atoms with Gasteiger partial charge in [0.25, 0.3) is 0 Å². The fraction of sp³-hybridized carbons (Fsp3) is 1.00. The zero-order chi connectivity index (χ0) is 14.5. The van der Waals surface area contributed by atoms with Gasteiger partial charge in [0.05, 0.1) is 33.0 Å². The van der Waals surface area contributed by atoms with Gasteiger partial charge < -0.3 is 24.8 Å². The van der Waals surface area contributed by atoms with Crippen molar-refractivity contribution in [3.05, 3.63) is 0 Å². The second-order valence-electron chi connectivity index (χ2n) is 5.04. The first-order valence-corrected chi connectivity index (χ1v) is 7.66. The molecule has 0 radical (unpaired) electrons. The van der Waals surface area contributed by atoms with Crippen LogP contribution < -0.4 is 5.73 Å². The Morgan fingerprint density at radius 3 is 2.05 bits per heavy atom. The molecule has 1 heterocycles. The third-order valence-electron chi connectivity index (χ3n) is 3.48. The molecule has 1 aliphatic rings. The van der Waals surface area contributed by atoms with Gasteiger partial charge in [-0.3, -0.25) is 4.90 Å². The molecule has 0 bridgehead atoms. The summed E-state index contributed by atoms with van der Waals surface area (Å²) in [6, 6.07) is 0. The maximum absolute atomic E-state index is 5.61. The summed E-state index contributed by atoms with van der Waals surface area (Å²) in [5.41, 5.74) is 5.61. The maximum Gasteiger partial charge on any atom is 0.0701 e. The van der Waals surface area contributed by atoms with Crippen molar-refractivity contribution in [1.29, 1.82) is 0 Å². The Labute approximate surface area is 123 Å². The van der Waals surface area contributed by atoms with Gasteiger partial charge in [-0.2, -0.15) is 0 Å². The lowest BCUT2D eigenvalue weighted by Crippen LogP contribution is -2.35. The molecule has 1 aliphatic heterocycles. The van der Waals surface area contributed by atoms with Crippen molar-refractivity contribution >= 4 is 0 Å². The number of nitrogens with two attached hydrogens (primary N) is 1. The van der Waals surface area contributed by atoms with E-state index in [-0.39, 0.29) is 0 Å². The molecule has 0 aromatic rings. The highest BCUT2D eigenvalue weighted by Gasteiger charge is 2.13. The Hall–Kier alpha value is -0.240. The SMILES string of the molecule is COCCOCCOCCN1CCCN(CCN)CC1. The largest absolute Gasteiger partial charge is 0.382 e. The Balaban J connectivity index is 1.94. The summed E-state index contributed by atoms with van der Waals surface area (Å²) in [7, 11) is 1.68. The summed E-state index contributed by atoms with van der Waals surface area (Å²) in [6.45, 7) is 10.7. The van der Waals surface area contributed by atoms with Crippen molar-refractivity contribution in [1.82, 2.24) is 9.80 Å². The number of hydrogen-bond donors (Lipinski definition) is 1. The van der Waals surface area contributed by atoms with E-state index in [0.717, 1.165) is 45.9 Å². The molecule has 1 fully saturated rings. The van der Waals surface area contributed by atoms with Crippen LogP contribution >= 0.6 is 0 Å². The quantitative estimate of drug-likeness (QED) is 0.524. The van der Waals surface area contributed by atoms with E-state index in [2.05, 4.69) is 9.80 Å². The van der Waals surface area contributed by atoms with Crippen molar-refractivity contribution in [3.63, 3.8) is 0 Å². The highest BCUT2D eigenvalue weighted by atomic mass is 16.5. The average Bonchev–Trinajstić information content (AvgIpc) is 2.68. The van der Waals surface area contributed by atoms with E-state index in [9.17, 15) is 0 Å². The van der Waals surface area contributed by atoms with Crippen molar-refractivity contribution < 1.29 is 14.2 Å². The van der Waals surface area contributed by atoms with Crippen LogP contribution in [0.1, 0.15) is 6.42 Å². The smallest absolute Gasteiger partial charge is 0.0701 e. The van der Waals surface area contributed by atoms with E-state index in [1.54, 1.807) is 7.11 Å². The van der Waals surface area contributed by atoms with Crippen LogP contribution in [-0.4, -0.2) is 95.8 Å². The van der Waals surface area contributed by atoms with E-state index in [1.165, 1.54) is 13.0 Å². The zero-order valence-electron chi connectivity index (χ0n) is 12.9. The Morgan fingerprint density at radius 2 is 1.40 bits per heavy atom. The monoisotopic (exact) mass is 289 g/mol. The van der Waals surface area contributed by atoms with Crippen molar-refractivity contribution in [3.8, 4) is 0 Å². The highest BCUT2D eigenvalue weighted by Crippen LogP contribution is 2.02. The standard InChI is InChI=1S/C14H31N3O3/c1-18-11-12-20-14-13-19-10-9-17-5-2-4-16(6-3-15)7-8-17/h2-15H2,1H3. The number of ether oxygens (including phenoxy) is 3. The molecule has 0 spiro atoms. The van der Waals surface area contributed by atoms with Gasteiger partial charge in [-0.1, -0.05) is 0 Å². The van der Waals surface area contributed by atoms with Crippen molar-refractivity contribution in [2.75, 3.05) is 86.0 Å². The summed E-state index contributed by atoms with van der Waals surface area (Å²) in [6.07, 6.45) is 1.22. The lowest BCUT2D eigenvalue weighted by atomic mass is 10.4. The third-order valence-corrected chi connectivity index (χ3v) is 3.48. The van der Waals surface area contributed by atoms with Crippen LogP contribution in [-0.2, 0) is 14.2 Å². The number of rotatable bonds is 11. The molecule has 0 aromatic heterocycles. The minimum absolute atomic E-state index is 0.642. The van der Waals surface area contributed by atoms with Crippen LogP contribution in [0.3, 0.4) is 0 Å². The summed E-state index contributed by atoms with van der Waals surface area (Å²) in [4.78, 5) is 4.92. The van der Waals surface area contributed by atoms with Gasteiger partial charge in [0.2, 0.25) is 0 Å². The molecular weight excluding hydrogens is 258 g/mol. The molecule has 0 saturated carbocycles. The van der Waals surface area contributed by atoms with Crippen molar-refractivity contribution in [2.45, 2.75) is 6.42 Å². The number of hydrogen-bond acceptors (Lipinski definition) is 6. The summed E-state index contributed by atoms with van der Waals surface area (Å²) >= 11 is 0. The molecule has 1 rings (SSSR count). The normalized spacial score (nSPS) is 18.3. The Morgan fingerprint density at radius 1 is 0.800 bits per heavy atom. The predicted octanol–water partition coefficient (Wildman–Crippen LogP) is -0.368. The maximum atomic E-state index is 5.61. The van der Waals surface area contributed by atoms with E-state index in [0.29, 0.717) is 26.4 Å².